The van der Waals surface area contributed by atoms with E-state index < -0.39 is 0 Å². The highest BCUT2D eigenvalue weighted by molar-refractivity contribution is 7.71. The molecular formula is C13H17ClN2S. The van der Waals surface area contributed by atoms with Crippen LogP contribution in [0.5, 0.6) is 0 Å². The zero-order chi connectivity index (χ0) is 12.6. The SMILES string of the molecule is CCC(C)(C)Cn1c(=S)[nH]c2cc(Cl)ccc21. The molecule has 4 heteroatoms. The second-order valence-electron chi connectivity index (χ2n) is 5.20. The van der Waals surface area contributed by atoms with E-state index in [-0.39, 0.29) is 5.41 Å². The molecule has 1 aromatic carbocycles. The quantitative estimate of drug-likeness (QED) is 0.794. The van der Waals surface area contributed by atoms with E-state index in [0.717, 1.165) is 33.8 Å². The van der Waals surface area contributed by atoms with E-state index >= 15 is 0 Å². The van der Waals surface area contributed by atoms with Gasteiger partial charge in [0.15, 0.2) is 4.77 Å². The lowest BCUT2D eigenvalue weighted by atomic mass is 9.90. The molecule has 17 heavy (non-hydrogen) atoms. The van der Waals surface area contributed by atoms with Crippen LogP contribution < -0.4 is 0 Å². The van der Waals surface area contributed by atoms with Gasteiger partial charge in [-0.2, -0.15) is 0 Å². The molecule has 2 aromatic rings. The Hall–Kier alpha value is -0.800. The number of benzene rings is 1. The molecule has 0 saturated carbocycles. The van der Waals surface area contributed by atoms with Crippen molar-refractivity contribution in [2.75, 3.05) is 0 Å². The van der Waals surface area contributed by atoms with E-state index in [0.29, 0.717) is 0 Å². The number of aromatic nitrogens is 2. The van der Waals surface area contributed by atoms with Crippen LogP contribution in [0.4, 0.5) is 0 Å². The molecule has 0 spiro atoms. The van der Waals surface area contributed by atoms with E-state index in [4.69, 9.17) is 23.8 Å². The second-order valence-corrected chi connectivity index (χ2v) is 6.02. The molecule has 2 rings (SSSR count). The van der Waals surface area contributed by atoms with Gasteiger partial charge in [0.05, 0.1) is 11.0 Å². The van der Waals surface area contributed by atoms with Crippen LogP contribution in [0.15, 0.2) is 18.2 Å². The second kappa shape index (κ2) is 4.46. The number of hydrogen-bond donors (Lipinski definition) is 1. The van der Waals surface area contributed by atoms with Gasteiger partial charge in [-0.3, -0.25) is 0 Å². The zero-order valence-electron chi connectivity index (χ0n) is 10.4. The van der Waals surface area contributed by atoms with Crippen molar-refractivity contribution in [1.29, 1.82) is 0 Å². The van der Waals surface area contributed by atoms with Crippen LogP contribution in [0.25, 0.3) is 11.0 Å². The van der Waals surface area contributed by atoms with E-state index in [9.17, 15) is 0 Å². The first-order valence-corrected chi connectivity index (χ1v) is 6.60. The molecule has 0 radical (unpaired) electrons. The first-order chi connectivity index (χ1) is 7.93. The topological polar surface area (TPSA) is 20.7 Å². The lowest BCUT2D eigenvalue weighted by Gasteiger charge is -2.23. The minimum Gasteiger partial charge on any atom is -0.331 e. The van der Waals surface area contributed by atoms with Crippen LogP contribution in [0, 0.1) is 10.2 Å². The summed E-state index contributed by atoms with van der Waals surface area (Å²) in [6.07, 6.45) is 1.12. The van der Waals surface area contributed by atoms with Gasteiger partial charge in [0.2, 0.25) is 0 Å². The molecule has 1 heterocycles. The van der Waals surface area contributed by atoms with Crippen molar-refractivity contribution in [2.45, 2.75) is 33.7 Å². The molecule has 1 aromatic heterocycles. The van der Waals surface area contributed by atoms with Gasteiger partial charge in [0.25, 0.3) is 0 Å². The third-order valence-corrected chi connectivity index (χ3v) is 3.84. The van der Waals surface area contributed by atoms with E-state index in [2.05, 4.69) is 30.3 Å². The van der Waals surface area contributed by atoms with E-state index in [1.165, 1.54) is 0 Å². The highest BCUT2D eigenvalue weighted by Crippen LogP contribution is 2.26. The van der Waals surface area contributed by atoms with Gasteiger partial charge in [-0.25, -0.2) is 0 Å². The molecule has 0 unspecified atom stereocenters. The zero-order valence-corrected chi connectivity index (χ0v) is 12.0. The monoisotopic (exact) mass is 268 g/mol. The Morgan fingerprint density at radius 2 is 2.12 bits per heavy atom. The van der Waals surface area contributed by atoms with E-state index in [1.807, 2.05) is 18.2 Å². The maximum atomic E-state index is 5.98. The van der Waals surface area contributed by atoms with Crippen LogP contribution in [-0.2, 0) is 6.54 Å². The third kappa shape index (κ3) is 2.55. The van der Waals surface area contributed by atoms with Crippen molar-refractivity contribution >= 4 is 34.9 Å². The number of imidazole rings is 1. The maximum Gasteiger partial charge on any atom is 0.178 e. The molecule has 0 fully saturated rings. The molecule has 1 N–H and O–H groups in total. The Kier molecular flexibility index (Phi) is 3.32. The lowest BCUT2D eigenvalue weighted by molar-refractivity contribution is 0.297. The van der Waals surface area contributed by atoms with Crippen molar-refractivity contribution in [1.82, 2.24) is 9.55 Å². The fraction of sp³-hybridized carbons (Fsp3) is 0.462. The molecule has 0 saturated heterocycles. The van der Waals surface area contributed by atoms with Gasteiger partial charge >= 0.3 is 0 Å². The number of nitrogens with zero attached hydrogens (tertiary/aromatic N) is 1. The molecule has 0 atom stereocenters. The number of rotatable bonds is 3. The highest BCUT2D eigenvalue weighted by atomic mass is 35.5. The summed E-state index contributed by atoms with van der Waals surface area (Å²) in [5, 5.41) is 0.732. The smallest absolute Gasteiger partial charge is 0.178 e. The van der Waals surface area contributed by atoms with Crippen LogP contribution in [0.3, 0.4) is 0 Å². The van der Waals surface area contributed by atoms with Crippen molar-refractivity contribution in [3.8, 4) is 0 Å². The average molecular weight is 269 g/mol. The third-order valence-electron chi connectivity index (χ3n) is 3.28. The Morgan fingerprint density at radius 3 is 2.76 bits per heavy atom. The van der Waals surface area contributed by atoms with Gasteiger partial charge in [-0.15, -0.1) is 0 Å². The van der Waals surface area contributed by atoms with Gasteiger partial charge in [0, 0.05) is 11.6 Å². The summed E-state index contributed by atoms with van der Waals surface area (Å²) in [7, 11) is 0. The summed E-state index contributed by atoms with van der Waals surface area (Å²) in [6.45, 7) is 7.63. The molecule has 0 aliphatic carbocycles. The average Bonchev–Trinajstić information content (AvgIpc) is 2.54. The van der Waals surface area contributed by atoms with Gasteiger partial charge < -0.3 is 9.55 Å². The Labute approximate surface area is 112 Å². The molecule has 0 bridgehead atoms. The maximum absolute atomic E-state index is 5.98. The van der Waals surface area contributed by atoms with Gasteiger partial charge in [-0.1, -0.05) is 32.4 Å². The van der Waals surface area contributed by atoms with Crippen LogP contribution in [-0.4, -0.2) is 9.55 Å². The number of H-pyrrole nitrogens is 1. The molecule has 0 aliphatic rings. The summed E-state index contributed by atoms with van der Waals surface area (Å²) >= 11 is 11.4. The normalized spacial score (nSPS) is 12.2. The summed E-state index contributed by atoms with van der Waals surface area (Å²) in [6, 6.07) is 5.85. The van der Waals surface area contributed by atoms with Gasteiger partial charge in [0.1, 0.15) is 0 Å². The minimum atomic E-state index is 0.243. The van der Waals surface area contributed by atoms with Crippen molar-refractivity contribution in [3.63, 3.8) is 0 Å². The number of nitrogens with one attached hydrogen (secondary N) is 1. The van der Waals surface area contributed by atoms with Crippen molar-refractivity contribution in [2.24, 2.45) is 5.41 Å². The molecule has 2 nitrogen and oxygen atoms in total. The van der Waals surface area contributed by atoms with Crippen molar-refractivity contribution < 1.29 is 0 Å². The first kappa shape index (κ1) is 12.7. The van der Waals surface area contributed by atoms with Crippen molar-refractivity contribution in [3.05, 3.63) is 28.0 Å². The number of halogens is 1. The predicted molar refractivity (Wildman–Crippen MR) is 76.2 cm³/mol. The summed E-state index contributed by atoms with van der Waals surface area (Å²) < 4.78 is 2.92. The fourth-order valence-corrected chi connectivity index (χ4v) is 2.28. The number of fused-ring (bicyclic) bond motifs is 1. The predicted octanol–water partition coefficient (Wildman–Crippen LogP) is 4.79. The summed E-state index contributed by atoms with van der Waals surface area (Å²) in [4.78, 5) is 3.21. The number of hydrogen-bond acceptors (Lipinski definition) is 1. The Bertz CT molecular complexity index is 595. The molecule has 0 amide bonds. The van der Waals surface area contributed by atoms with E-state index in [1.54, 1.807) is 0 Å². The number of aromatic amines is 1. The molecule has 92 valence electrons. The highest BCUT2D eigenvalue weighted by Gasteiger charge is 2.17. The standard InChI is InChI=1S/C13H17ClN2S/c1-4-13(2,3)8-16-11-6-5-9(14)7-10(11)15-12(16)17/h5-7H,4,8H2,1-3H3,(H,15,17). The Balaban J connectivity index is 2.54. The first-order valence-electron chi connectivity index (χ1n) is 5.81. The van der Waals surface area contributed by atoms with Gasteiger partial charge in [-0.05, 0) is 42.3 Å². The molecule has 0 aliphatic heterocycles. The fourth-order valence-electron chi connectivity index (χ4n) is 1.83. The summed E-state index contributed by atoms with van der Waals surface area (Å²) in [5.41, 5.74) is 2.38. The summed E-state index contributed by atoms with van der Waals surface area (Å²) in [5.74, 6) is 0. The lowest BCUT2D eigenvalue weighted by Crippen LogP contribution is -2.18. The van der Waals surface area contributed by atoms with Crippen LogP contribution >= 0.6 is 23.8 Å². The van der Waals surface area contributed by atoms with Crippen LogP contribution in [0.1, 0.15) is 27.2 Å². The molecular weight excluding hydrogens is 252 g/mol. The van der Waals surface area contributed by atoms with Crippen LogP contribution in [0.2, 0.25) is 5.02 Å². The minimum absolute atomic E-state index is 0.243. The largest absolute Gasteiger partial charge is 0.331 e. The Morgan fingerprint density at radius 1 is 1.41 bits per heavy atom.